The number of pyridine rings is 1. The number of fused-ring (bicyclic) bond motifs is 1. The maximum Gasteiger partial charge on any atom is 0.270 e. The van der Waals surface area contributed by atoms with Gasteiger partial charge in [-0.1, -0.05) is 13.8 Å². The lowest BCUT2D eigenvalue weighted by molar-refractivity contribution is -0.128. The molecule has 2 unspecified atom stereocenters. The summed E-state index contributed by atoms with van der Waals surface area (Å²) in [5.41, 5.74) is 0. The summed E-state index contributed by atoms with van der Waals surface area (Å²) in [4.78, 5) is 17.8. The fourth-order valence-corrected chi connectivity index (χ4v) is 2.00. The van der Waals surface area contributed by atoms with E-state index in [0.717, 1.165) is 0 Å². The summed E-state index contributed by atoms with van der Waals surface area (Å²) in [7, 11) is 1.65. The number of carbonyl (C=O) groups is 1. The van der Waals surface area contributed by atoms with Crippen molar-refractivity contribution >= 4 is 11.7 Å². The molecule has 2 rings (SSSR count). The molecule has 94 valence electrons. The first-order chi connectivity index (χ1) is 8.56. The number of amides is 1. The lowest BCUT2D eigenvalue weighted by Crippen LogP contribution is -2.49. The van der Waals surface area contributed by atoms with Crippen LogP contribution >= 0.6 is 0 Å². The van der Waals surface area contributed by atoms with Crippen LogP contribution in [0, 0.1) is 23.2 Å². The Morgan fingerprint density at radius 1 is 1.56 bits per heavy atom. The molecule has 0 aromatic carbocycles. The highest BCUT2D eigenvalue weighted by Crippen LogP contribution is 2.33. The fourth-order valence-electron chi connectivity index (χ4n) is 2.00. The number of nitrogens with zero attached hydrogens (tertiary/aromatic N) is 3. The first-order valence-corrected chi connectivity index (χ1v) is 5.85. The molecular weight excluding hydrogens is 230 g/mol. The molecule has 1 amide bonds. The van der Waals surface area contributed by atoms with Crippen molar-refractivity contribution < 1.29 is 9.53 Å². The minimum absolute atomic E-state index is 0.0515. The third-order valence-electron chi connectivity index (χ3n) is 3.09. The van der Waals surface area contributed by atoms with Crippen molar-refractivity contribution in [2.45, 2.75) is 20.0 Å². The number of anilines is 1. The van der Waals surface area contributed by atoms with Gasteiger partial charge in [0, 0.05) is 13.2 Å². The van der Waals surface area contributed by atoms with Gasteiger partial charge in [-0.05, 0) is 18.1 Å². The van der Waals surface area contributed by atoms with Crippen LogP contribution in [-0.2, 0) is 4.79 Å². The van der Waals surface area contributed by atoms with Gasteiger partial charge in [0.1, 0.15) is 0 Å². The Balaban J connectivity index is 2.38. The van der Waals surface area contributed by atoms with E-state index in [1.807, 2.05) is 13.8 Å². The maximum atomic E-state index is 12.2. The van der Waals surface area contributed by atoms with Crippen molar-refractivity contribution in [2.75, 3.05) is 11.9 Å². The molecule has 1 aromatic rings. The normalized spacial score (nSPS) is 20.1. The van der Waals surface area contributed by atoms with E-state index in [0.29, 0.717) is 11.6 Å². The average Bonchev–Trinajstić information content (AvgIpc) is 2.36. The largest absolute Gasteiger partial charge is 0.475 e. The maximum absolute atomic E-state index is 12.2. The monoisotopic (exact) mass is 245 g/mol. The molecule has 0 saturated heterocycles. The minimum Gasteiger partial charge on any atom is -0.475 e. The first kappa shape index (κ1) is 12.4. The van der Waals surface area contributed by atoms with Crippen LogP contribution in [0.5, 0.6) is 5.75 Å². The summed E-state index contributed by atoms with van der Waals surface area (Å²) in [5, 5.41) is 9.18. The molecule has 1 aromatic heterocycles. The summed E-state index contributed by atoms with van der Waals surface area (Å²) in [6, 6.07) is 5.66. The molecule has 0 bridgehead atoms. The van der Waals surface area contributed by atoms with Crippen LogP contribution in [0.25, 0.3) is 0 Å². The number of nitriles is 1. The summed E-state index contributed by atoms with van der Waals surface area (Å²) in [6.45, 7) is 3.81. The van der Waals surface area contributed by atoms with Gasteiger partial charge < -0.3 is 4.74 Å². The molecule has 0 N–H and O–H groups in total. The van der Waals surface area contributed by atoms with Gasteiger partial charge in [0.25, 0.3) is 5.91 Å². The summed E-state index contributed by atoms with van der Waals surface area (Å²) < 4.78 is 5.65. The SMILES string of the molecule is CC(C)C(C#N)C1Oc2cccnc2N(C)C1=O. The number of aromatic nitrogens is 1. The van der Waals surface area contributed by atoms with Crippen LogP contribution in [0.15, 0.2) is 18.3 Å². The van der Waals surface area contributed by atoms with Crippen molar-refractivity contribution in [1.82, 2.24) is 4.98 Å². The van der Waals surface area contributed by atoms with E-state index >= 15 is 0 Å². The van der Waals surface area contributed by atoms with E-state index in [2.05, 4.69) is 11.1 Å². The molecule has 5 nitrogen and oxygen atoms in total. The quantitative estimate of drug-likeness (QED) is 0.793. The Morgan fingerprint density at radius 2 is 2.28 bits per heavy atom. The van der Waals surface area contributed by atoms with Crippen LogP contribution < -0.4 is 9.64 Å². The first-order valence-electron chi connectivity index (χ1n) is 5.85. The second-order valence-corrected chi connectivity index (χ2v) is 4.66. The lowest BCUT2D eigenvalue weighted by atomic mass is 9.90. The van der Waals surface area contributed by atoms with Gasteiger partial charge in [0.2, 0.25) is 0 Å². The average molecular weight is 245 g/mol. The summed E-state index contributed by atoms with van der Waals surface area (Å²) in [6.07, 6.45) is 0.855. The second-order valence-electron chi connectivity index (χ2n) is 4.66. The zero-order valence-electron chi connectivity index (χ0n) is 10.6. The molecule has 0 radical (unpaired) electrons. The van der Waals surface area contributed by atoms with Crippen LogP contribution in [-0.4, -0.2) is 24.0 Å². The van der Waals surface area contributed by atoms with Gasteiger partial charge in [0.05, 0.1) is 12.0 Å². The fraction of sp³-hybridized carbons (Fsp3) is 0.462. The zero-order valence-corrected chi connectivity index (χ0v) is 10.6. The van der Waals surface area contributed by atoms with Gasteiger partial charge >= 0.3 is 0 Å². The molecule has 1 aliphatic rings. The van der Waals surface area contributed by atoms with Gasteiger partial charge in [-0.2, -0.15) is 5.26 Å². The Kier molecular flexibility index (Phi) is 3.19. The molecule has 0 fully saturated rings. The molecule has 2 heterocycles. The lowest BCUT2D eigenvalue weighted by Gasteiger charge is -2.33. The van der Waals surface area contributed by atoms with Crippen molar-refractivity contribution in [3.05, 3.63) is 18.3 Å². The highest BCUT2D eigenvalue weighted by Gasteiger charge is 2.40. The molecular formula is C13H15N3O2. The van der Waals surface area contributed by atoms with Crippen LogP contribution in [0.3, 0.4) is 0 Å². The van der Waals surface area contributed by atoms with Crippen molar-refractivity contribution in [3.8, 4) is 11.8 Å². The van der Waals surface area contributed by atoms with Crippen molar-refractivity contribution in [3.63, 3.8) is 0 Å². The predicted molar refractivity (Wildman–Crippen MR) is 66.0 cm³/mol. The standard InChI is InChI=1S/C13H15N3O2/c1-8(2)9(7-14)11-13(17)16(3)12-10(18-11)5-4-6-15-12/h4-6,8-9,11H,1-3H3. The van der Waals surface area contributed by atoms with E-state index in [4.69, 9.17) is 4.74 Å². The molecule has 1 aliphatic heterocycles. The zero-order chi connectivity index (χ0) is 13.3. The summed E-state index contributed by atoms with van der Waals surface area (Å²) in [5.74, 6) is 0.412. The highest BCUT2D eigenvalue weighted by atomic mass is 16.5. The molecule has 0 saturated carbocycles. The third-order valence-corrected chi connectivity index (χ3v) is 3.09. The van der Waals surface area contributed by atoms with Crippen molar-refractivity contribution in [2.24, 2.45) is 11.8 Å². The van der Waals surface area contributed by atoms with Crippen molar-refractivity contribution in [1.29, 1.82) is 5.26 Å². The van der Waals surface area contributed by atoms with Crippen LogP contribution in [0.1, 0.15) is 13.8 Å². The van der Waals surface area contributed by atoms with Crippen LogP contribution in [0.4, 0.5) is 5.82 Å². The van der Waals surface area contributed by atoms with Gasteiger partial charge in [-0.15, -0.1) is 0 Å². The van der Waals surface area contributed by atoms with Gasteiger partial charge in [0.15, 0.2) is 17.7 Å². The Bertz CT molecular complexity index is 507. The Hall–Kier alpha value is -2.09. The molecule has 0 spiro atoms. The molecule has 0 aliphatic carbocycles. The minimum atomic E-state index is -0.753. The molecule has 18 heavy (non-hydrogen) atoms. The Labute approximate surface area is 106 Å². The third kappa shape index (κ3) is 1.90. The number of likely N-dealkylation sites (N-methyl/N-ethyl adjacent to an activating group) is 1. The highest BCUT2D eigenvalue weighted by molar-refractivity contribution is 5.98. The van der Waals surface area contributed by atoms with Gasteiger partial charge in [-0.25, -0.2) is 4.98 Å². The topological polar surface area (TPSA) is 66.2 Å². The molecule has 5 heteroatoms. The number of carbonyl (C=O) groups excluding carboxylic acids is 1. The van der Waals surface area contributed by atoms with E-state index in [9.17, 15) is 10.1 Å². The number of ether oxygens (including phenoxy) is 1. The predicted octanol–water partition coefficient (Wildman–Crippen LogP) is 1.60. The van der Waals surface area contributed by atoms with E-state index in [1.54, 1.807) is 25.4 Å². The smallest absolute Gasteiger partial charge is 0.270 e. The number of hydrogen-bond donors (Lipinski definition) is 0. The second kappa shape index (κ2) is 4.65. The van der Waals surface area contributed by atoms with E-state index in [-0.39, 0.29) is 11.8 Å². The van der Waals surface area contributed by atoms with E-state index in [1.165, 1.54) is 4.90 Å². The van der Waals surface area contributed by atoms with Gasteiger partial charge in [-0.3, -0.25) is 9.69 Å². The Morgan fingerprint density at radius 3 is 2.89 bits per heavy atom. The number of rotatable bonds is 2. The van der Waals surface area contributed by atoms with E-state index < -0.39 is 12.0 Å². The molecule has 2 atom stereocenters. The van der Waals surface area contributed by atoms with Crippen LogP contribution in [0.2, 0.25) is 0 Å². The summed E-state index contributed by atoms with van der Waals surface area (Å²) >= 11 is 0. The number of hydrogen-bond acceptors (Lipinski definition) is 4.